The van der Waals surface area contributed by atoms with Crippen LogP contribution in [0.25, 0.3) is 0 Å². The number of benzene rings is 2. The quantitative estimate of drug-likeness (QED) is 0.550. The molecular formula is C30H41N3O5. The summed E-state index contributed by atoms with van der Waals surface area (Å²) >= 11 is 0. The van der Waals surface area contributed by atoms with E-state index in [1.54, 1.807) is 11.0 Å². The number of hydrogen-bond acceptors (Lipinski definition) is 7. The Bertz CT molecular complexity index is 1100. The second kappa shape index (κ2) is 12.0. The molecule has 0 bridgehead atoms. The molecule has 8 nitrogen and oxygen atoms in total. The number of hydrogen-bond donors (Lipinski definition) is 2. The molecule has 0 radical (unpaired) electrons. The zero-order valence-corrected chi connectivity index (χ0v) is 22.6. The molecule has 0 spiro atoms. The summed E-state index contributed by atoms with van der Waals surface area (Å²) in [5, 5.41) is 20.5. The lowest BCUT2D eigenvalue weighted by atomic mass is 10.00. The van der Waals surface area contributed by atoms with Crippen molar-refractivity contribution >= 4 is 5.91 Å². The monoisotopic (exact) mass is 523 g/mol. The lowest BCUT2D eigenvalue weighted by Crippen LogP contribution is -2.45. The molecule has 5 rings (SSSR count). The van der Waals surface area contributed by atoms with Gasteiger partial charge >= 0.3 is 0 Å². The SMILES string of the molecule is C[C@@H]1CN(C[C@H](O)CN2CCc3ccccc3C2)C(=O)c2ccc(OC3CCN(C[C@@H](C)O)CC3)cc2O1. The second-order valence-electron chi connectivity index (χ2n) is 11.2. The smallest absolute Gasteiger partial charge is 0.257 e. The number of likely N-dealkylation sites (tertiary alicyclic amines) is 1. The molecule has 8 heteroatoms. The van der Waals surface area contributed by atoms with E-state index in [0.717, 1.165) is 45.4 Å². The molecular weight excluding hydrogens is 482 g/mol. The molecule has 3 aliphatic heterocycles. The highest BCUT2D eigenvalue weighted by Gasteiger charge is 2.30. The van der Waals surface area contributed by atoms with E-state index in [2.05, 4.69) is 34.1 Å². The molecule has 0 aliphatic carbocycles. The van der Waals surface area contributed by atoms with Gasteiger partial charge < -0.3 is 29.5 Å². The van der Waals surface area contributed by atoms with Crippen LogP contribution in [-0.2, 0) is 13.0 Å². The van der Waals surface area contributed by atoms with E-state index in [1.807, 2.05) is 26.0 Å². The van der Waals surface area contributed by atoms with Crippen molar-refractivity contribution in [3.63, 3.8) is 0 Å². The van der Waals surface area contributed by atoms with E-state index < -0.39 is 6.10 Å². The van der Waals surface area contributed by atoms with Crippen molar-refractivity contribution in [2.24, 2.45) is 0 Å². The maximum Gasteiger partial charge on any atom is 0.257 e. The highest BCUT2D eigenvalue weighted by Crippen LogP contribution is 2.31. The summed E-state index contributed by atoms with van der Waals surface area (Å²) in [6.45, 7) is 9.21. The van der Waals surface area contributed by atoms with E-state index >= 15 is 0 Å². The first-order valence-electron chi connectivity index (χ1n) is 14.0. The first-order chi connectivity index (χ1) is 18.3. The average molecular weight is 524 g/mol. The van der Waals surface area contributed by atoms with E-state index in [0.29, 0.717) is 36.7 Å². The fraction of sp³-hybridized carbons (Fsp3) is 0.567. The van der Waals surface area contributed by atoms with Gasteiger partial charge in [-0.05, 0) is 56.4 Å². The van der Waals surface area contributed by atoms with Crippen molar-refractivity contribution in [1.82, 2.24) is 14.7 Å². The van der Waals surface area contributed by atoms with Crippen molar-refractivity contribution < 1.29 is 24.5 Å². The topological polar surface area (TPSA) is 85.7 Å². The van der Waals surface area contributed by atoms with Gasteiger partial charge in [0.2, 0.25) is 0 Å². The molecule has 206 valence electrons. The van der Waals surface area contributed by atoms with Gasteiger partial charge in [0, 0.05) is 51.9 Å². The Hall–Kier alpha value is -2.65. The minimum Gasteiger partial charge on any atom is -0.490 e. The normalized spacial score (nSPS) is 22.7. The molecule has 38 heavy (non-hydrogen) atoms. The summed E-state index contributed by atoms with van der Waals surface area (Å²) in [6, 6.07) is 13.9. The fourth-order valence-corrected chi connectivity index (χ4v) is 5.92. The fourth-order valence-electron chi connectivity index (χ4n) is 5.92. The van der Waals surface area contributed by atoms with Crippen molar-refractivity contribution in [2.45, 2.75) is 64.1 Å². The zero-order chi connectivity index (χ0) is 26.6. The predicted octanol–water partition coefficient (Wildman–Crippen LogP) is 2.55. The number of ether oxygens (including phenoxy) is 2. The van der Waals surface area contributed by atoms with Gasteiger partial charge in [-0.15, -0.1) is 0 Å². The minimum atomic E-state index is -0.639. The molecule has 2 aromatic carbocycles. The van der Waals surface area contributed by atoms with Crippen LogP contribution >= 0.6 is 0 Å². The summed E-state index contributed by atoms with van der Waals surface area (Å²) in [7, 11) is 0. The summed E-state index contributed by atoms with van der Waals surface area (Å²) in [5.41, 5.74) is 3.21. The van der Waals surface area contributed by atoms with Crippen LogP contribution in [0.3, 0.4) is 0 Å². The van der Waals surface area contributed by atoms with Crippen LogP contribution in [0, 0.1) is 0 Å². The predicted molar refractivity (Wildman–Crippen MR) is 146 cm³/mol. The Kier molecular flexibility index (Phi) is 8.53. The van der Waals surface area contributed by atoms with Crippen LogP contribution < -0.4 is 9.47 Å². The van der Waals surface area contributed by atoms with Gasteiger partial charge in [-0.3, -0.25) is 9.69 Å². The van der Waals surface area contributed by atoms with E-state index in [1.165, 1.54) is 11.1 Å². The Morgan fingerprint density at radius 2 is 1.76 bits per heavy atom. The van der Waals surface area contributed by atoms with E-state index in [4.69, 9.17) is 9.47 Å². The lowest BCUT2D eigenvalue weighted by molar-refractivity contribution is 0.0454. The van der Waals surface area contributed by atoms with Crippen molar-refractivity contribution in [1.29, 1.82) is 0 Å². The number of carbonyl (C=O) groups excluding carboxylic acids is 1. The Morgan fingerprint density at radius 3 is 2.53 bits per heavy atom. The number of β-amino-alcohol motifs (C(OH)–C–C–N with tert-alkyl or cyclic N) is 2. The third-order valence-corrected chi connectivity index (χ3v) is 7.75. The molecule has 1 saturated heterocycles. The molecule has 0 unspecified atom stereocenters. The van der Waals surface area contributed by atoms with Crippen LogP contribution in [0.15, 0.2) is 42.5 Å². The molecule has 0 aromatic heterocycles. The average Bonchev–Trinajstić information content (AvgIpc) is 2.99. The maximum absolute atomic E-state index is 13.5. The molecule has 3 heterocycles. The number of rotatable bonds is 8. The van der Waals surface area contributed by atoms with Crippen LogP contribution in [0.2, 0.25) is 0 Å². The molecule has 1 amide bonds. The zero-order valence-electron chi connectivity index (χ0n) is 22.6. The first kappa shape index (κ1) is 26.9. The number of aliphatic hydroxyl groups excluding tert-OH is 2. The third kappa shape index (κ3) is 6.67. The van der Waals surface area contributed by atoms with Gasteiger partial charge in [0.1, 0.15) is 23.7 Å². The maximum atomic E-state index is 13.5. The second-order valence-corrected chi connectivity index (χ2v) is 11.2. The van der Waals surface area contributed by atoms with Gasteiger partial charge in [0.05, 0.1) is 24.3 Å². The largest absolute Gasteiger partial charge is 0.490 e. The van der Waals surface area contributed by atoms with Crippen molar-refractivity contribution in [3.05, 3.63) is 59.2 Å². The molecule has 0 saturated carbocycles. The van der Waals surface area contributed by atoms with E-state index in [9.17, 15) is 15.0 Å². The van der Waals surface area contributed by atoms with Crippen LogP contribution in [0.5, 0.6) is 11.5 Å². The standard InChI is InChI=1S/C30H41N3O5/c1-21(34)16-31-13-10-26(11-14-31)38-27-7-8-28-29(15-27)37-22(2)17-33(30(28)36)20-25(35)19-32-12-9-23-5-3-4-6-24(23)18-32/h3-8,15,21-22,25-26,34-35H,9-14,16-20H2,1-2H3/t21-,22-,25-/m1/s1. The first-order valence-corrected chi connectivity index (χ1v) is 14.0. The summed E-state index contributed by atoms with van der Waals surface area (Å²) in [4.78, 5) is 19.7. The molecule has 3 aliphatic rings. The van der Waals surface area contributed by atoms with Crippen LogP contribution in [0.1, 0.15) is 48.2 Å². The lowest BCUT2D eigenvalue weighted by Gasteiger charge is -2.32. The number of nitrogens with zero attached hydrogens (tertiary/aromatic N) is 3. The Balaban J connectivity index is 1.18. The molecule has 2 aromatic rings. The molecule has 3 atom stereocenters. The number of piperidine rings is 1. The van der Waals surface area contributed by atoms with Crippen molar-refractivity contribution in [2.75, 3.05) is 45.8 Å². The highest BCUT2D eigenvalue weighted by molar-refractivity contribution is 5.97. The van der Waals surface area contributed by atoms with Gasteiger partial charge in [0.25, 0.3) is 5.91 Å². The molecule has 2 N–H and O–H groups in total. The summed E-state index contributed by atoms with van der Waals surface area (Å²) in [6.07, 6.45) is 1.72. The van der Waals surface area contributed by atoms with Gasteiger partial charge in [-0.1, -0.05) is 24.3 Å². The highest BCUT2D eigenvalue weighted by atomic mass is 16.5. The summed E-state index contributed by atoms with van der Waals surface area (Å²) < 4.78 is 12.4. The number of carbonyl (C=O) groups is 1. The number of fused-ring (bicyclic) bond motifs is 2. The number of amides is 1. The summed E-state index contributed by atoms with van der Waals surface area (Å²) in [5.74, 6) is 1.12. The van der Waals surface area contributed by atoms with Gasteiger partial charge in [0.15, 0.2) is 0 Å². The van der Waals surface area contributed by atoms with Gasteiger partial charge in [-0.25, -0.2) is 0 Å². The number of aliphatic hydroxyl groups is 2. The molecule has 1 fully saturated rings. The van der Waals surface area contributed by atoms with Crippen LogP contribution in [-0.4, -0.2) is 101 Å². The minimum absolute atomic E-state index is 0.102. The Morgan fingerprint density at radius 1 is 1.00 bits per heavy atom. The van der Waals surface area contributed by atoms with E-state index in [-0.39, 0.29) is 30.8 Å². The Labute approximate surface area is 225 Å². The van der Waals surface area contributed by atoms with Crippen LogP contribution in [0.4, 0.5) is 0 Å². The third-order valence-electron chi connectivity index (χ3n) is 7.75. The van der Waals surface area contributed by atoms with Gasteiger partial charge in [-0.2, -0.15) is 0 Å². The van der Waals surface area contributed by atoms with Crippen molar-refractivity contribution in [3.8, 4) is 11.5 Å².